The van der Waals surface area contributed by atoms with Crippen molar-refractivity contribution in [3.05, 3.63) is 41.2 Å². The topological polar surface area (TPSA) is 49.6 Å². The summed E-state index contributed by atoms with van der Waals surface area (Å²) in [7, 11) is 0. The number of rotatable bonds is 3. The lowest BCUT2D eigenvalue weighted by atomic mass is 10.2. The molecule has 74 valence electrons. The zero-order valence-electron chi connectivity index (χ0n) is 7.75. The van der Waals surface area contributed by atoms with E-state index < -0.39 is 0 Å². The number of nitrogens with zero attached hydrogens (tertiary/aromatic N) is 3. The summed E-state index contributed by atoms with van der Waals surface area (Å²) >= 11 is 3.23. The minimum atomic E-state index is 0.501. The minimum absolute atomic E-state index is 0.501. The normalized spacial score (nSPS) is 9.80. The molecule has 0 N–H and O–H groups in total. The fraction of sp³-hybridized carbons (Fsp3) is 0.100. The monoisotopic (exact) mass is 233 g/mol. The van der Waals surface area contributed by atoms with E-state index in [1.54, 1.807) is 35.5 Å². The lowest BCUT2D eigenvalue weighted by Gasteiger charge is -1.99. The van der Waals surface area contributed by atoms with Crippen molar-refractivity contribution < 1.29 is 0 Å². The van der Waals surface area contributed by atoms with Gasteiger partial charge in [0.2, 0.25) is 0 Å². The highest BCUT2D eigenvalue weighted by molar-refractivity contribution is 8.00. The summed E-state index contributed by atoms with van der Waals surface area (Å²) < 4.78 is 1.02. The fourth-order valence-corrected chi connectivity index (χ4v) is 2.70. The van der Waals surface area contributed by atoms with Gasteiger partial charge >= 0.3 is 0 Å². The third-order valence-corrected chi connectivity index (χ3v) is 3.77. The minimum Gasteiger partial charge on any atom is -0.245 e. The summed E-state index contributed by atoms with van der Waals surface area (Å²) in [6.45, 7) is 0. The largest absolute Gasteiger partial charge is 0.245 e. The van der Waals surface area contributed by atoms with Gasteiger partial charge < -0.3 is 0 Å². The fourth-order valence-electron chi connectivity index (χ4n) is 1.08. The molecule has 0 aliphatic carbocycles. The standard InChI is InChI=1S/C10H7N3S2/c11-6-9-8(2-1-3-12-9)7-15-10-13-4-5-14-10/h1-5H,7H2. The summed E-state index contributed by atoms with van der Waals surface area (Å²) in [4.78, 5) is 8.17. The average molecular weight is 233 g/mol. The number of nitriles is 1. The van der Waals surface area contributed by atoms with E-state index in [1.807, 2.05) is 17.5 Å². The van der Waals surface area contributed by atoms with Gasteiger partial charge in [-0.1, -0.05) is 17.8 Å². The number of aromatic nitrogens is 2. The smallest absolute Gasteiger partial charge is 0.150 e. The van der Waals surface area contributed by atoms with E-state index in [2.05, 4.69) is 16.0 Å². The lowest BCUT2D eigenvalue weighted by molar-refractivity contribution is 1.19. The van der Waals surface area contributed by atoms with Crippen molar-refractivity contribution in [2.75, 3.05) is 0 Å². The average Bonchev–Trinajstić information content (AvgIpc) is 2.79. The van der Waals surface area contributed by atoms with E-state index in [1.165, 1.54) is 0 Å². The highest BCUT2D eigenvalue weighted by Gasteiger charge is 2.03. The van der Waals surface area contributed by atoms with Gasteiger partial charge in [-0.05, 0) is 11.6 Å². The maximum Gasteiger partial charge on any atom is 0.150 e. The molecule has 5 heteroatoms. The van der Waals surface area contributed by atoms with Crippen LogP contribution in [0.1, 0.15) is 11.3 Å². The summed E-state index contributed by atoms with van der Waals surface area (Å²) in [5, 5.41) is 10.8. The van der Waals surface area contributed by atoms with E-state index in [0.29, 0.717) is 5.69 Å². The van der Waals surface area contributed by atoms with Crippen molar-refractivity contribution in [3.63, 3.8) is 0 Å². The molecule has 0 radical (unpaired) electrons. The van der Waals surface area contributed by atoms with Crippen LogP contribution in [0.4, 0.5) is 0 Å². The molecule has 0 atom stereocenters. The van der Waals surface area contributed by atoms with E-state index >= 15 is 0 Å². The van der Waals surface area contributed by atoms with Gasteiger partial charge in [0, 0.05) is 23.5 Å². The van der Waals surface area contributed by atoms with Crippen LogP contribution in [-0.2, 0) is 5.75 Å². The first-order valence-corrected chi connectivity index (χ1v) is 6.13. The summed E-state index contributed by atoms with van der Waals surface area (Å²) in [6.07, 6.45) is 3.41. The third-order valence-electron chi connectivity index (χ3n) is 1.76. The second-order valence-electron chi connectivity index (χ2n) is 2.71. The third kappa shape index (κ3) is 2.55. The maximum atomic E-state index is 8.84. The Morgan fingerprint density at radius 2 is 2.33 bits per heavy atom. The molecule has 2 heterocycles. The molecule has 0 spiro atoms. The molecule has 3 nitrogen and oxygen atoms in total. The molecule has 2 aromatic rings. The van der Waals surface area contributed by atoms with Crippen molar-refractivity contribution in [2.45, 2.75) is 10.1 Å². The first kappa shape index (κ1) is 10.1. The molecule has 0 amide bonds. The van der Waals surface area contributed by atoms with Crippen LogP contribution in [0.2, 0.25) is 0 Å². The molecule has 0 saturated heterocycles. The van der Waals surface area contributed by atoms with Crippen LogP contribution < -0.4 is 0 Å². The van der Waals surface area contributed by atoms with Gasteiger partial charge in [0.1, 0.15) is 16.1 Å². The van der Waals surface area contributed by atoms with Gasteiger partial charge in [0.05, 0.1) is 0 Å². The Kier molecular flexibility index (Phi) is 3.33. The molecule has 0 fully saturated rings. The van der Waals surface area contributed by atoms with Crippen molar-refractivity contribution in [1.29, 1.82) is 5.26 Å². The van der Waals surface area contributed by atoms with E-state index in [-0.39, 0.29) is 0 Å². The second-order valence-corrected chi connectivity index (χ2v) is 4.83. The van der Waals surface area contributed by atoms with Gasteiger partial charge in [-0.3, -0.25) is 0 Å². The Morgan fingerprint density at radius 1 is 1.40 bits per heavy atom. The van der Waals surface area contributed by atoms with Gasteiger partial charge in [-0.2, -0.15) is 5.26 Å². The first-order chi connectivity index (χ1) is 7.40. The highest BCUT2D eigenvalue weighted by atomic mass is 32.2. The van der Waals surface area contributed by atoms with E-state index in [0.717, 1.165) is 15.7 Å². The molecule has 2 aromatic heterocycles. The molecule has 2 rings (SSSR count). The number of thiazole rings is 1. The molecular formula is C10H7N3S2. The number of thioether (sulfide) groups is 1. The second kappa shape index (κ2) is 4.91. The molecular weight excluding hydrogens is 226 g/mol. The molecule has 15 heavy (non-hydrogen) atoms. The molecule has 0 aliphatic rings. The Bertz CT molecular complexity index is 474. The van der Waals surface area contributed by atoms with Gasteiger partial charge in [0.25, 0.3) is 0 Å². The number of hydrogen-bond acceptors (Lipinski definition) is 5. The zero-order valence-corrected chi connectivity index (χ0v) is 9.38. The predicted octanol–water partition coefficient (Wildman–Crippen LogP) is 2.70. The van der Waals surface area contributed by atoms with Crippen LogP contribution in [-0.4, -0.2) is 9.97 Å². The quantitative estimate of drug-likeness (QED) is 0.765. The molecule has 0 unspecified atom stereocenters. The van der Waals surface area contributed by atoms with E-state index in [9.17, 15) is 0 Å². The van der Waals surface area contributed by atoms with Crippen LogP contribution >= 0.6 is 23.1 Å². The molecule has 0 saturated carbocycles. The van der Waals surface area contributed by atoms with Crippen LogP contribution in [0.25, 0.3) is 0 Å². The number of hydrogen-bond donors (Lipinski definition) is 0. The Morgan fingerprint density at radius 3 is 3.07 bits per heavy atom. The predicted molar refractivity (Wildman–Crippen MR) is 60.6 cm³/mol. The Balaban J connectivity index is 2.08. The summed E-state index contributed by atoms with van der Waals surface area (Å²) in [5.41, 5.74) is 1.46. The van der Waals surface area contributed by atoms with Crippen LogP contribution in [0.5, 0.6) is 0 Å². The summed E-state index contributed by atoms with van der Waals surface area (Å²) in [5.74, 6) is 0.740. The SMILES string of the molecule is N#Cc1ncccc1CSc1nccs1. The van der Waals surface area contributed by atoms with Crippen molar-refractivity contribution >= 4 is 23.1 Å². The van der Waals surface area contributed by atoms with Crippen LogP contribution in [0.3, 0.4) is 0 Å². The molecule has 0 aliphatic heterocycles. The van der Waals surface area contributed by atoms with Crippen LogP contribution in [0.15, 0.2) is 34.2 Å². The van der Waals surface area contributed by atoms with Crippen molar-refractivity contribution in [2.24, 2.45) is 0 Å². The van der Waals surface area contributed by atoms with E-state index in [4.69, 9.17) is 5.26 Å². The first-order valence-electron chi connectivity index (χ1n) is 4.26. The van der Waals surface area contributed by atoms with Crippen molar-refractivity contribution in [1.82, 2.24) is 9.97 Å². The maximum absolute atomic E-state index is 8.84. The van der Waals surface area contributed by atoms with Gasteiger partial charge in [0.15, 0.2) is 0 Å². The Hall–Kier alpha value is -1.38. The van der Waals surface area contributed by atoms with Gasteiger partial charge in [-0.15, -0.1) is 11.3 Å². The zero-order chi connectivity index (χ0) is 10.5. The number of pyridine rings is 1. The van der Waals surface area contributed by atoms with Crippen LogP contribution in [0, 0.1) is 11.3 Å². The lowest BCUT2D eigenvalue weighted by Crippen LogP contribution is -1.90. The molecule has 0 bridgehead atoms. The Labute approximate surface area is 95.8 Å². The summed E-state index contributed by atoms with van der Waals surface area (Å²) in [6, 6.07) is 5.85. The van der Waals surface area contributed by atoms with Crippen molar-refractivity contribution in [3.8, 4) is 6.07 Å². The highest BCUT2D eigenvalue weighted by Crippen LogP contribution is 2.25. The van der Waals surface area contributed by atoms with Gasteiger partial charge in [-0.25, -0.2) is 9.97 Å². The molecule has 0 aromatic carbocycles.